The van der Waals surface area contributed by atoms with Gasteiger partial charge in [0.05, 0.1) is 29.0 Å². The molecular formula is C20H18FN5O3. The standard InChI is InChI=1S/C20H18FN5O3/c1-29-8-2-7-23-19(27)14-4-6-18(24-11-14)26-20(28)16(12-25-26)15-5-3-13(10-22)9-17(15)21/h3-6,9,11-12,28H,2,7-8H2,1H3,(H,23,27). The zero-order valence-corrected chi connectivity index (χ0v) is 15.6. The summed E-state index contributed by atoms with van der Waals surface area (Å²) in [7, 11) is 1.59. The summed E-state index contributed by atoms with van der Waals surface area (Å²) in [4.78, 5) is 16.2. The molecule has 2 heterocycles. The Morgan fingerprint density at radius 2 is 2.14 bits per heavy atom. The van der Waals surface area contributed by atoms with Crippen molar-refractivity contribution in [3.63, 3.8) is 0 Å². The van der Waals surface area contributed by atoms with Gasteiger partial charge in [-0.2, -0.15) is 15.0 Å². The molecule has 0 radical (unpaired) electrons. The first-order valence-corrected chi connectivity index (χ1v) is 8.75. The Kier molecular flexibility index (Phi) is 6.16. The maximum absolute atomic E-state index is 14.2. The number of benzene rings is 1. The number of methoxy groups -OCH3 is 1. The summed E-state index contributed by atoms with van der Waals surface area (Å²) >= 11 is 0. The van der Waals surface area contributed by atoms with Crippen LogP contribution in [0.3, 0.4) is 0 Å². The molecule has 0 unspecified atom stereocenters. The number of nitrogens with one attached hydrogen (secondary N) is 1. The SMILES string of the molecule is COCCCNC(=O)c1ccc(-n2ncc(-c3ccc(C#N)cc3F)c2O)nc1. The second-order valence-electron chi connectivity index (χ2n) is 6.11. The summed E-state index contributed by atoms with van der Waals surface area (Å²) in [5, 5.41) is 26.1. The Morgan fingerprint density at radius 3 is 2.79 bits per heavy atom. The normalized spacial score (nSPS) is 10.5. The fraction of sp³-hybridized carbons (Fsp3) is 0.200. The molecule has 148 valence electrons. The van der Waals surface area contributed by atoms with Crippen LogP contribution in [0.2, 0.25) is 0 Å². The van der Waals surface area contributed by atoms with E-state index in [9.17, 15) is 14.3 Å². The first-order chi connectivity index (χ1) is 14.0. The molecule has 3 aromatic rings. The van der Waals surface area contributed by atoms with Crippen LogP contribution in [-0.4, -0.2) is 46.0 Å². The van der Waals surface area contributed by atoms with Crippen LogP contribution < -0.4 is 5.32 Å². The van der Waals surface area contributed by atoms with Crippen LogP contribution in [0.15, 0.2) is 42.7 Å². The average molecular weight is 395 g/mol. The highest BCUT2D eigenvalue weighted by Crippen LogP contribution is 2.32. The fourth-order valence-electron chi connectivity index (χ4n) is 2.67. The van der Waals surface area contributed by atoms with Crippen LogP contribution in [0.4, 0.5) is 4.39 Å². The maximum Gasteiger partial charge on any atom is 0.252 e. The van der Waals surface area contributed by atoms with Gasteiger partial charge in [-0.05, 0) is 36.8 Å². The molecule has 0 saturated carbocycles. The van der Waals surface area contributed by atoms with Crippen molar-refractivity contribution in [1.82, 2.24) is 20.1 Å². The molecule has 3 rings (SSSR count). The van der Waals surface area contributed by atoms with E-state index in [2.05, 4.69) is 15.4 Å². The summed E-state index contributed by atoms with van der Waals surface area (Å²) in [5.41, 5.74) is 0.806. The van der Waals surface area contributed by atoms with Gasteiger partial charge in [0, 0.05) is 32.0 Å². The Balaban J connectivity index is 1.79. The van der Waals surface area contributed by atoms with E-state index < -0.39 is 5.82 Å². The van der Waals surface area contributed by atoms with Gasteiger partial charge >= 0.3 is 0 Å². The zero-order valence-electron chi connectivity index (χ0n) is 15.6. The molecule has 0 spiro atoms. The summed E-state index contributed by atoms with van der Waals surface area (Å²) in [6, 6.07) is 8.87. The Labute approximate surface area is 166 Å². The second kappa shape index (κ2) is 8.95. The van der Waals surface area contributed by atoms with Crippen LogP contribution in [0.25, 0.3) is 16.9 Å². The predicted octanol–water partition coefficient (Wildman–Crippen LogP) is 2.42. The van der Waals surface area contributed by atoms with Gasteiger partial charge in [0.2, 0.25) is 5.88 Å². The molecule has 9 heteroatoms. The Hall–Kier alpha value is -3.77. The topological polar surface area (TPSA) is 113 Å². The summed E-state index contributed by atoms with van der Waals surface area (Å²) in [6.45, 7) is 1.03. The minimum Gasteiger partial charge on any atom is -0.493 e. The van der Waals surface area contributed by atoms with Gasteiger partial charge < -0.3 is 15.2 Å². The molecule has 0 aliphatic carbocycles. The van der Waals surface area contributed by atoms with Crippen LogP contribution >= 0.6 is 0 Å². The first kappa shape index (κ1) is 20.0. The summed E-state index contributed by atoms with van der Waals surface area (Å²) in [6.07, 6.45) is 3.37. The van der Waals surface area contributed by atoms with Crippen LogP contribution in [0, 0.1) is 17.1 Å². The van der Waals surface area contributed by atoms with E-state index in [1.807, 2.05) is 6.07 Å². The number of rotatable bonds is 7. The zero-order chi connectivity index (χ0) is 20.8. The lowest BCUT2D eigenvalue weighted by molar-refractivity contribution is 0.0948. The van der Waals surface area contributed by atoms with E-state index in [0.717, 1.165) is 10.7 Å². The molecule has 0 aliphatic rings. The van der Waals surface area contributed by atoms with Gasteiger partial charge in [0.25, 0.3) is 5.91 Å². The maximum atomic E-state index is 14.2. The number of amides is 1. The molecule has 29 heavy (non-hydrogen) atoms. The minimum absolute atomic E-state index is 0.111. The van der Waals surface area contributed by atoms with Gasteiger partial charge in [-0.15, -0.1) is 0 Å². The third-order valence-electron chi connectivity index (χ3n) is 4.17. The molecule has 8 nitrogen and oxygen atoms in total. The number of carbonyl (C=O) groups excluding carboxylic acids is 1. The second-order valence-corrected chi connectivity index (χ2v) is 6.11. The molecule has 2 N–H and O–H groups in total. The lowest BCUT2D eigenvalue weighted by atomic mass is 10.1. The van der Waals surface area contributed by atoms with Crippen molar-refractivity contribution in [3.8, 4) is 28.9 Å². The van der Waals surface area contributed by atoms with E-state index in [0.29, 0.717) is 25.1 Å². The lowest BCUT2D eigenvalue weighted by Crippen LogP contribution is -2.25. The fourth-order valence-corrected chi connectivity index (χ4v) is 2.67. The molecule has 0 fully saturated rings. The van der Waals surface area contributed by atoms with E-state index in [4.69, 9.17) is 10.00 Å². The number of ether oxygens (including phenoxy) is 1. The highest BCUT2D eigenvalue weighted by atomic mass is 19.1. The van der Waals surface area contributed by atoms with Gasteiger partial charge in [-0.1, -0.05) is 0 Å². The van der Waals surface area contributed by atoms with Gasteiger partial charge in [-0.3, -0.25) is 4.79 Å². The predicted molar refractivity (Wildman–Crippen MR) is 102 cm³/mol. The smallest absolute Gasteiger partial charge is 0.252 e. The van der Waals surface area contributed by atoms with Gasteiger partial charge in [0.1, 0.15) is 5.82 Å². The largest absolute Gasteiger partial charge is 0.493 e. The highest BCUT2D eigenvalue weighted by Gasteiger charge is 2.17. The summed E-state index contributed by atoms with van der Waals surface area (Å²) < 4.78 is 20.3. The number of halogens is 1. The van der Waals surface area contributed by atoms with Crippen molar-refractivity contribution in [2.24, 2.45) is 0 Å². The van der Waals surface area contributed by atoms with Crippen molar-refractivity contribution < 1.29 is 19.0 Å². The van der Waals surface area contributed by atoms with E-state index in [-0.39, 0.29) is 34.3 Å². The van der Waals surface area contributed by atoms with Crippen molar-refractivity contribution in [2.45, 2.75) is 6.42 Å². The molecule has 1 amide bonds. The first-order valence-electron chi connectivity index (χ1n) is 8.75. The molecule has 0 aliphatic heterocycles. The van der Waals surface area contributed by atoms with Crippen LogP contribution in [0.5, 0.6) is 5.88 Å². The number of nitriles is 1. The monoisotopic (exact) mass is 395 g/mol. The quantitative estimate of drug-likeness (QED) is 0.594. The van der Waals surface area contributed by atoms with Gasteiger partial charge in [0.15, 0.2) is 5.82 Å². The van der Waals surface area contributed by atoms with E-state index >= 15 is 0 Å². The Morgan fingerprint density at radius 1 is 1.31 bits per heavy atom. The van der Waals surface area contributed by atoms with Crippen molar-refractivity contribution in [2.75, 3.05) is 20.3 Å². The third-order valence-corrected chi connectivity index (χ3v) is 4.17. The number of carbonyl (C=O) groups is 1. The molecule has 0 atom stereocenters. The number of aromatic nitrogens is 3. The minimum atomic E-state index is -0.646. The molecule has 1 aromatic carbocycles. The number of hydrogen-bond acceptors (Lipinski definition) is 6. The molecular weight excluding hydrogens is 377 g/mol. The van der Waals surface area contributed by atoms with Crippen LogP contribution in [-0.2, 0) is 4.74 Å². The van der Waals surface area contributed by atoms with Crippen LogP contribution in [0.1, 0.15) is 22.3 Å². The lowest BCUT2D eigenvalue weighted by Gasteiger charge is -2.07. The number of pyridine rings is 1. The van der Waals surface area contributed by atoms with Crippen molar-refractivity contribution >= 4 is 5.91 Å². The number of hydrogen-bond donors (Lipinski definition) is 2. The average Bonchev–Trinajstić information content (AvgIpc) is 3.12. The van der Waals surface area contributed by atoms with Gasteiger partial charge in [-0.25, -0.2) is 9.37 Å². The molecule has 0 saturated heterocycles. The summed E-state index contributed by atoms with van der Waals surface area (Å²) in [5.74, 6) is -0.964. The number of aromatic hydroxyl groups is 1. The third kappa shape index (κ3) is 4.39. The Bertz CT molecular complexity index is 1060. The molecule has 0 bridgehead atoms. The highest BCUT2D eigenvalue weighted by molar-refractivity contribution is 5.93. The van der Waals surface area contributed by atoms with E-state index in [1.54, 1.807) is 13.2 Å². The van der Waals surface area contributed by atoms with Crippen molar-refractivity contribution in [1.29, 1.82) is 5.26 Å². The van der Waals surface area contributed by atoms with E-state index in [1.165, 1.54) is 30.6 Å². The number of nitrogens with zero attached hydrogens (tertiary/aromatic N) is 4. The van der Waals surface area contributed by atoms with Crippen molar-refractivity contribution in [3.05, 3.63) is 59.7 Å². The molecule has 2 aromatic heterocycles.